The molecular formula is C19H26N2O3. The van der Waals surface area contributed by atoms with Crippen LogP contribution < -0.4 is 5.32 Å². The van der Waals surface area contributed by atoms with E-state index in [1.807, 2.05) is 30.0 Å². The number of aryl methyl sites for hydroxylation is 1. The lowest BCUT2D eigenvalue weighted by molar-refractivity contribution is -0.119. The van der Waals surface area contributed by atoms with Gasteiger partial charge in [0, 0.05) is 30.4 Å². The molecule has 3 rings (SSSR count). The average molecular weight is 330 g/mol. The van der Waals surface area contributed by atoms with E-state index in [4.69, 9.17) is 4.74 Å². The van der Waals surface area contributed by atoms with Gasteiger partial charge in [-0.15, -0.1) is 0 Å². The number of hydrogen-bond donors (Lipinski definition) is 1. The van der Waals surface area contributed by atoms with Crippen molar-refractivity contribution in [3.63, 3.8) is 0 Å². The molecule has 0 saturated carbocycles. The highest BCUT2D eigenvalue weighted by Gasteiger charge is 2.26. The van der Waals surface area contributed by atoms with Crippen molar-refractivity contribution < 1.29 is 14.3 Å². The number of piperidine rings is 1. The van der Waals surface area contributed by atoms with E-state index in [0.717, 1.165) is 37.1 Å². The number of rotatable bonds is 3. The zero-order valence-electron chi connectivity index (χ0n) is 14.5. The third-order valence-electron chi connectivity index (χ3n) is 5.10. The summed E-state index contributed by atoms with van der Waals surface area (Å²) < 4.78 is 5.26. The molecule has 5 nitrogen and oxygen atoms in total. The summed E-state index contributed by atoms with van der Waals surface area (Å²) >= 11 is 0. The average Bonchev–Trinajstić information content (AvgIpc) is 3.11. The van der Waals surface area contributed by atoms with Crippen LogP contribution in [0.5, 0.6) is 0 Å². The van der Waals surface area contributed by atoms with E-state index in [1.165, 1.54) is 6.42 Å². The van der Waals surface area contributed by atoms with Gasteiger partial charge in [-0.3, -0.25) is 9.59 Å². The third-order valence-corrected chi connectivity index (χ3v) is 5.10. The topological polar surface area (TPSA) is 58.6 Å². The van der Waals surface area contributed by atoms with Gasteiger partial charge >= 0.3 is 0 Å². The van der Waals surface area contributed by atoms with Crippen molar-refractivity contribution in [3.05, 3.63) is 29.3 Å². The molecule has 2 fully saturated rings. The number of hydrogen-bond acceptors (Lipinski definition) is 3. The molecule has 2 aliphatic heterocycles. The lowest BCUT2D eigenvalue weighted by atomic mass is 10.0. The van der Waals surface area contributed by atoms with Crippen LogP contribution in [0.4, 0.5) is 5.69 Å². The predicted molar refractivity (Wildman–Crippen MR) is 93.1 cm³/mol. The first kappa shape index (κ1) is 17.0. The molecule has 2 amide bonds. The molecule has 0 spiro atoms. The van der Waals surface area contributed by atoms with Crippen molar-refractivity contribution >= 4 is 17.5 Å². The SMILES string of the molecule is Cc1cc(C(=O)N2CCCC[C@H]2C)ccc1NC(=O)[C@@H]1CCOC1. The number of likely N-dealkylation sites (tertiary alicyclic amines) is 1. The fraction of sp³-hybridized carbons (Fsp3) is 0.579. The van der Waals surface area contributed by atoms with E-state index >= 15 is 0 Å². The fourth-order valence-electron chi connectivity index (χ4n) is 3.48. The van der Waals surface area contributed by atoms with Gasteiger partial charge in [0.25, 0.3) is 5.91 Å². The molecule has 0 aromatic heterocycles. The number of carbonyl (C=O) groups excluding carboxylic acids is 2. The Morgan fingerprint density at radius 2 is 2.08 bits per heavy atom. The molecule has 0 radical (unpaired) electrons. The van der Waals surface area contributed by atoms with E-state index in [9.17, 15) is 9.59 Å². The molecule has 2 heterocycles. The monoisotopic (exact) mass is 330 g/mol. The smallest absolute Gasteiger partial charge is 0.254 e. The first-order valence-corrected chi connectivity index (χ1v) is 8.86. The standard InChI is InChI=1S/C19H26N2O3/c1-13-11-15(19(23)21-9-4-3-5-14(21)2)6-7-17(13)20-18(22)16-8-10-24-12-16/h6-7,11,14,16H,3-5,8-10,12H2,1-2H3,(H,20,22)/t14-,16-/m1/s1. The lowest BCUT2D eigenvalue weighted by Gasteiger charge is -2.33. The minimum atomic E-state index is -0.0695. The molecule has 24 heavy (non-hydrogen) atoms. The van der Waals surface area contributed by atoms with Gasteiger partial charge in [0.2, 0.25) is 5.91 Å². The normalized spacial score (nSPS) is 24.0. The predicted octanol–water partition coefficient (Wildman–Crippen LogP) is 2.98. The Labute approximate surface area is 143 Å². The van der Waals surface area contributed by atoms with Crippen molar-refractivity contribution in [1.82, 2.24) is 4.90 Å². The summed E-state index contributed by atoms with van der Waals surface area (Å²) in [5.41, 5.74) is 2.39. The number of nitrogens with zero attached hydrogens (tertiary/aromatic N) is 1. The fourth-order valence-corrected chi connectivity index (χ4v) is 3.48. The summed E-state index contributed by atoms with van der Waals surface area (Å²) in [7, 11) is 0. The molecule has 2 saturated heterocycles. The molecule has 0 aliphatic carbocycles. The van der Waals surface area contributed by atoms with Gasteiger partial charge in [0.05, 0.1) is 12.5 Å². The maximum Gasteiger partial charge on any atom is 0.254 e. The summed E-state index contributed by atoms with van der Waals surface area (Å²) in [4.78, 5) is 26.9. The Bertz CT molecular complexity index is 623. The number of nitrogens with one attached hydrogen (secondary N) is 1. The first-order chi connectivity index (χ1) is 11.6. The summed E-state index contributed by atoms with van der Waals surface area (Å²) in [6, 6.07) is 5.83. The van der Waals surface area contributed by atoms with Crippen LogP contribution in [0.15, 0.2) is 18.2 Å². The van der Waals surface area contributed by atoms with Crippen LogP contribution in [0.1, 0.15) is 48.5 Å². The number of carbonyl (C=O) groups is 2. The zero-order valence-corrected chi connectivity index (χ0v) is 14.5. The zero-order chi connectivity index (χ0) is 17.1. The van der Waals surface area contributed by atoms with E-state index in [0.29, 0.717) is 24.8 Å². The molecule has 1 aromatic carbocycles. The van der Waals surface area contributed by atoms with Crippen molar-refractivity contribution in [1.29, 1.82) is 0 Å². The Hall–Kier alpha value is -1.88. The Kier molecular flexibility index (Phi) is 5.19. The number of amides is 2. The highest BCUT2D eigenvalue weighted by atomic mass is 16.5. The van der Waals surface area contributed by atoms with Crippen molar-refractivity contribution in [2.24, 2.45) is 5.92 Å². The van der Waals surface area contributed by atoms with Gasteiger partial charge in [0.15, 0.2) is 0 Å². The first-order valence-electron chi connectivity index (χ1n) is 8.86. The van der Waals surface area contributed by atoms with E-state index in [-0.39, 0.29) is 17.7 Å². The van der Waals surface area contributed by atoms with Crippen LogP contribution in [0.3, 0.4) is 0 Å². The molecule has 1 aromatic rings. The van der Waals surface area contributed by atoms with Gasteiger partial charge in [-0.1, -0.05) is 0 Å². The van der Waals surface area contributed by atoms with Crippen LogP contribution in [0.25, 0.3) is 0 Å². The minimum Gasteiger partial charge on any atom is -0.381 e. The van der Waals surface area contributed by atoms with Crippen molar-refractivity contribution in [3.8, 4) is 0 Å². The van der Waals surface area contributed by atoms with Crippen LogP contribution in [-0.2, 0) is 9.53 Å². The second-order valence-electron chi connectivity index (χ2n) is 6.92. The van der Waals surface area contributed by atoms with Gasteiger partial charge < -0.3 is 15.0 Å². The van der Waals surface area contributed by atoms with Crippen LogP contribution in [-0.4, -0.2) is 42.5 Å². The van der Waals surface area contributed by atoms with E-state index < -0.39 is 0 Å². The highest BCUT2D eigenvalue weighted by molar-refractivity contribution is 5.97. The maximum atomic E-state index is 12.7. The van der Waals surface area contributed by atoms with Crippen LogP contribution >= 0.6 is 0 Å². The summed E-state index contributed by atoms with van der Waals surface area (Å²) in [6.45, 7) is 6.02. The quantitative estimate of drug-likeness (QED) is 0.927. The second kappa shape index (κ2) is 7.34. The maximum absolute atomic E-state index is 12.7. The second-order valence-corrected chi connectivity index (χ2v) is 6.92. The Morgan fingerprint density at radius 1 is 1.25 bits per heavy atom. The van der Waals surface area contributed by atoms with Crippen LogP contribution in [0.2, 0.25) is 0 Å². The van der Waals surface area contributed by atoms with Crippen LogP contribution in [0, 0.1) is 12.8 Å². The molecule has 2 aliphatic rings. The van der Waals surface area contributed by atoms with E-state index in [2.05, 4.69) is 12.2 Å². The van der Waals surface area contributed by atoms with Gasteiger partial charge in [-0.05, 0) is 63.3 Å². The molecule has 2 atom stereocenters. The minimum absolute atomic E-state index is 0.000621. The lowest BCUT2D eigenvalue weighted by Crippen LogP contribution is -2.42. The Morgan fingerprint density at radius 3 is 2.75 bits per heavy atom. The summed E-state index contributed by atoms with van der Waals surface area (Å²) in [5, 5.41) is 2.96. The van der Waals surface area contributed by atoms with Gasteiger partial charge in [-0.2, -0.15) is 0 Å². The molecule has 0 bridgehead atoms. The third kappa shape index (κ3) is 3.61. The van der Waals surface area contributed by atoms with Crippen molar-refractivity contribution in [2.75, 3.05) is 25.1 Å². The van der Waals surface area contributed by atoms with Crippen molar-refractivity contribution in [2.45, 2.75) is 45.6 Å². The number of ether oxygens (including phenoxy) is 1. The summed E-state index contributed by atoms with van der Waals surface area (Å²) in [5.74, 6) is 0.0200. The largest absolute Gasteiger partial charge is 0.381 e. The van der Waals surface area contributed by atoms with E-state index in [1.54, 1.807) is 0 Å². The van der Waals surface area contributed by atoms with Gasteiger partial charge in [-0.25, -0.2) is 0 Å². The van der Waals surface area contributed by atoms with Gasteiger partial charge in [0.1, 0.15) is 0 Å². The number of benzene rings is 1. The molecule has 5 heteroatoms. The molecule has 0 unspecified atom stereocenters. The molecule has 1 N–H and O–H groups in total. The molecular weight excluding hydrogens is 304 g/mol. The Balaban J connectivity index is 1.69. The molecule has 130 valence electrons. The number of anilines is 1. The highest BCUT2D eigenvalue weighted by Crippen LogP contribution is 2.23. The summed E-state index contributed by atoms with van der Waals surface area (Å²) in [6.07, 6.45) is 4.11.